The Morgan fingerprint density at radius 2 is 2.00 bits per heavy atom. The number of aromatic nitrogens is 1. The first-order chi connectivity index (χ1) is 8.75. The van der Waals surface area contributed by atoms with Gasteiger partial charge in [-0.3, -0.25) is 0 Å². The van der Waals surface area contributed by atoms with E-state index < -0.39 is 5.97 Å². The van der Waals surface area contributed by atoms with Crippen LogP contribution < -0.4 is 0 Å². The lowest BCUT2D eigenvalue weighted by Crippen LogP contribution is -2.02. The summed E-state index contributed by atoms with van der Waals surface area (Å²) < 4.78 is 0. The minimum atomic E-state index is -0.980. The molecule has 0 saturated carbocycles. The number of carboxylic acid groups (broad SMARTS) is 1. The summed E-state index contributed by atoms with van der Waals surface area (Å²) in [6.45, 7) is 0. The molecule has 1 aliphatic rings. The van der Waals surface area contributed by atoms with Crippen molar-refractivity contribution in [3.8, 4) is 11.1 Å². The van der Waals surface area contributed by atoms with Crippen LogP contribution in [0.2, 0.25) is 0 Å². The Balaban J connectivity index is 2.13. The average Bonchev–Trinajstić information content (AvgIpc) is 2.85. The van der Waals surface area contributed by atoms with Crippen molar-refractivity contribution in [3.63, 3.8) is 0 Å². The van der Waals surface area contributed by atoms with E-state index in [1.165, 1.54) is 23.7 Å². The van der Waals surface area contributed by atoms with Crippen molar-refractivity contribution in [1.82, 2.24) is 4.98 Å². The number of hydrogen-bond acceptors (Lipinski definition) is 2. The van der Waals surface area contributed by atoms with E-state index in [4.69, 9.17) is 5.11 Å². The molecule has 18 heavy (non-hydrogen) atoms. The van der Waals surface area contributed by atoms with Gasteiger partial charge in [0, 0.05) is 11.8 Å². The summed E-state index contributed by atoms with van der Waals surface area (Å²) in [7, 11) is 0. The molecule has 0 saturated heterocycles. The number of rotatable bonds is 2. The molecule has 1 aromatic heterocycles. The molecule has 3 heteroatoms. The highest BCUT2D eigenvalue weighted by atomic mass is 16.4. The monoisotopic (exact) mass is 239 g/mol. The molecule has 0 amide bonds. The highest BCUT2D eigenvalue weighted by Crippen LogP contribution is 2.29. The maximum absolute atomic E-state index is 11.2. The molecule has 0 aliphatic heterocycles. The van der Waals surface area contributed by atoms with Crippen LogP contribution in [0, 0.1) is 0 Å². The second-order valence-corrected chi connectivity index (χ2v) is 4.54. The fraction of sp³-hybridized carbons (Fsp3) is 0.200. The van der Waals surface area contributed by atoms with E-state index in [1.807, 2.05) is 12.1 Å². The third-order valence-electron chi connectivity index (χ3n) is 3.42. The molecule has 0 fully saturated rings. The van der Waals surface area contributed by atoms with Crippen LogP contribution in [0.5, 0.6) is 0 Å². The first kappa shape index (κ1) is 11.0. The van der Waals surface area contributed by atoms with Crippen molar-refractivity contribution in [1.29, 1.82) is 0 Å². The highest BCUT2D eigenvalue weighted by molar-refractivity contribution is 5.93. The predicted molar refractivity (Wildman–Crippen MR) is 68.7 cm³/mol. The third kappa shape index (κ3) is 1.78. The van der Waals surface area contributed by atoms with Gasteiger partial charge in [-0.05, 0) is 42.0 Å². The Bertz CT molecular complexity index is 620. The Morgan fingerprint density at radius 1 is 1.17 bits per heavy atom. The molecular weight excluding hydrogens is 226 g/mol. The van der Waals surface area contributed by atoms with Gasteiger partial charge in [-0.25, -0.2) is 9.78 Å². The van der Waals surface area contributed by atoms with Crippen molar-refractivity contribution < 1.29 is 9.90 Å². The third-order valence-corrected chi connectivity index (χ3v) is 3.42. The van der Waals surface area contributed by atoms with Gasteiger partial charge < -0.3 is 5.11 Å². The van der Waals surface area contributed by atoms with Crippen molar-refractivity contribution in [3.05, 3.63) is 53.3 Å². The quantitative estimate of drug-likeness (QED) is 0.876. The van der Waals surface area contributed by atoms with Gasteiger partial charge in [-0.1, -0.05) is 24.3 Å². The van der Waals surface area contributed by atoms with Gasteiger partial charge in [-0.2, -0.15) is 0 Å². The lowest BCUT2D eigenvalue weighted by atomic mass is 9.99. The van der Waals surface area contributed by atoms with Gasteiger partial charge in [0.05, 0.1) is 0 Å². The molecular formula is C15H13NO2. The van der Waals surface area contributed by atoms with Crippen molar-refractivity contribution >= 4 is 5.97 Å². The normalized spacial score (nSPS) is 13.3. The van der Waals surface area contributed by atoms with E-state index in [0.717, 1.165) is 18.4 Å². The van der Waals surface area contributed by atoms with Crippen LogP contribution in [0.3, 0.4) is 0 Å². The number of aryl methyl sites for hydroxylation is 2. The van der Waals surface area contributed by atoms with Gasteiger partial charge in [-0.15, -0.1) is 0 Å². The van der Waals surface area contributed by atoms with Gasteiger partial charge in [0.2, 0.25) is 0 Å². The summed E-state index contributed by atoms with van der Waals surface area (Å²) in [5.74, 6) is -0.980. The molecule has 1 aliphatic carbocycles. The van der Waals surface area contributed by atoms with Crippen LogP contribution in [0.15, 0.2) is 36.5 Å². The lowest BCUT2D eigenvalue weighted by Gasteiger charge is -2.07. The van der Waals surface area contributed by atoms with Gasteiger partial charge in [0.25, 0.3) is 0 Å². The zero-order chi connectivity index (χ0) is 12.5. The maximum Gasteiger partial charge on any atom is 0.355 e. The van der Waals surface area contributed by atoms with Crippen LogP contribution in [-0.2, 0) is 12.8 Å². The summed E-state index contributed by atoms with van der Waals surface area (Å²) in [5, 5.41) is 9.16. The number of fused-ring (bicyclic) bond motifs is 1. The summed E-state index contributed by atoms with van der Waals surface area (Å²) in [6.07, 6.45) is 4.93. The minimum Gasteiger partial charge on any atom is -0.476 e. The number of carboxylic acids is 1. The van der Waals surface area contributed by atoms with E-state index >= 15 is 0 Å². The van der Waals surface area contributed by atoms with Crippen LogP contribution in [0.25, 0.3) is 11.1 Å². The number of hydrogen-bond donors (Lipinski definition) is 1. The van der Waals surface area contributed by atoms with Crippen LogP contribution >= 0.6 is 0 Å². The first-order valence-corrected chi connectivity index (χ1v) is 6.06. The summed E-state index contributed by atoms with van der Waals surface area (Å²) in [4.78, 5) is 15.1. The standard InChI is InChI=1S/C15H13NO2/c17-15(18)14-13(5-2-8-16-14)12-7-6-10-3-1-4-11(10)9-12/h2,5-9H,1,3-4H2,(H,17,18). The molecule has 1 aromatic carbocycles. The number of nitrogens with zero attached hydrogens (tertiary/aromatic N) is 1. The van der Waals surface area contributed by atoms with Crippen molar-refractivity contribution in [2.24, 2.45) is 0 Å². The van der Waals surface area contributed by atoms with E-state index in [9.17, 15) is 4.79 Å². The molecule has 0 bridgehead atoms. The second-order valence-electron chi connectivity index (χ2n) is 4.54. The summed E-state index contributed by atoms with van der Waals surface area (Å²) in [6, 6.07) is 9.79. The number of pyridine rings is 1. The SMILES string of the molecule is O=C(O)c1ncccc1-c1ccc2c(c1)CCC2. The lowest BCUT2D eigenvalue weighted by molar-refractivity contribution is 0.0691. The molecule has 0 radical (unpaired) electrons. The Kier molecular flexibility index (Phi) is 2.59. The van der Waals surface area contributed by atoms with E-state index in [1.54, 1.807) is 6.07 Å². The molecule has 0 spiro atoms. The van der Waals surface area contributed by atoms with Crippen LogP contribution in [-0.4, -0.2) is 16.1 Å². The molecule has 0 unspecified atom stereocenters. The smallest absolute Gasteiger partial charge is 0.355 e. The summed E-state index contributed by atoms with van der Waals surface area (Å²) in [5.41, 5.74) is 4.49. The Labute approximate surface area is 105 Å². The molecule has 2 aromatic rings. The fourth-order valence-corrected chi connectivity index (χ4v) is 2.55. The molecule has 90 valence electrons. The van der Waals surface area contributed by atoms with Gasteiger partial charge >= 0.3 is 5.97 Å². The minimum absolute atomic E-state index is 0.121. The van der Waals surface area contributed by atoms with Gasteiger partial charge in [0.15, 0.2) is 5.69 Å². The Hall–Kier alpha value is -2.16. The van der Waals surface area contributed by atoms with Crippen LogP contribution in [0.1, 0.15) is 28.0 Å². The molecule has 1 N–H and O–H groups in total. The summed E-state index contributed by atoms with van der Waals surface area (Å²) >= 11 is 0. The fourth-order valence-electron chi connectivity index (χ4n) is 2.55. The zero-order valence-electron chi connectivity index (χ0n) is 9.89. The largest absolute Gasteiger partial charge is 0.476 e. The average molecular weight is 239 g/mol. The zero-order valence-corrected chi connectivity index (χ0v) is 9.89. The molecule has 1 heterocycles. The van der Waals surface area contributed by atoms with E-state index in [-0.39, 0.29) is 5.69 Å². The van der Waals surface area contributed by atoms with Crippen LogP contribution in [0.4, 0.5) is 0 Å². The van der Waals surface area contributed by atoms with Gasteiger partial charge in [0.1, 0.15) is 0 Å². The maximum atomic E-state index is 11.2. The first-order valence-electron chi connectivity index (χ1n) is 6.06. The van der Waals surface area contributed by atoms with Crippen molar-refractivity contribution in [2.75, 3.05) is 0 Å². The van der Waals surface area contributed by atoms with E-state index in [0.29, 0.717) is 5.56 Å². The second kappa shape index (κ2) is 4.26. The topological polar surface area (TPSA) is 50.2 Å². The number of aromatic carboxylic acids is 1. The Morgan fingerprint density at radius 3 is 2.83 bits per heavy atom. The van der Waals surface area contributed by atoms with Crippen molar-refractivity contribution in [2.45, 2.75) is 19.3 Å². The molecule has 3 nitrogen and oxygen atoms in total. The van der Waals surface area contributed by atoms with E-state index in [2.05, 4.69) is 17.1 Å². The molecule has 0 atom stereocenters. The number of benzene rings is 1. The number of carbonyl (C=O) groups is 1. The highest BCUT2D eigenvalue weighted by Gasteiger charge is 2.15. The predicted octanol–water partition coefficient (Wildman–Crippen LogP) is 2.94. The molecule has 3 rings (SSSR count).